The number of hydrogen-bond acceptors (Lipinski definition) is 5. The van der Waals surface area contributed by atoms with Gasteiger partial charge in [0.25, 0.3) is 11.6 Å². The maximum atomic E-state index is 14.2. The third-order valence-corrected chi connectivity index (χ3v) is 4.10. The van der Waals surface area contributed by atoms with Gasteiger partial charge in [-0.15, -0.1) is 0 Å². The van der Waals surface area contributed by atoms with Crippen LogP contribution >= 0.6 is 0 Å². The van der Waals surface area contributed by atoms with E-state index in [1.807, 2.05) is 0 Å². The van der Waals surface area contributed by atoms with E-state index >= 15 is 0 Å². The van der Waals surface area contributed by atoms with E-state index in [1.165, 1.54) is 12.3 Å². The Morgan fingerprint density at radius 1 is 1.29 bits per heavy atom. The van der Waals surface area contributed by atoms with Crippen LogP contribution in [0, 0.1) is 22.9 Å². The highest BCUT2D eigenvalue weighted by molar-refractivity contribution is 5.91. The molecule has 2 aromatic rings. The normalized spacial score (nSPS) is 14.8. The van der Waals surface area contributed by atoms with E-state index in [9.17, 15) is 19.3 Å². The second kappa shape index (κ2) is 6.31. The summed E-state index contributed by atoms with van der Waals surface area (Å²) in [5, 5.41) is 10.9. The molecule has 1 amide bonds. The number of halogens is 1. The van der Waals surface area contributed by atoms with Crippen molar-refractivity contribution in [3.05, 3.63) is 57.8 Å². The third-order valence-electron chi connectivity index (χ3n) is 4.10. The highest BCUT2D eigenvalue weighted by Gasteiger charge is 2.26. The number of carbonyl (C=O) groups is 1. The number of rotatable bonds is 3. The Morgan fingerprint density at radius 2 is 2.00 bits per heavy atom. The maximum absolute atomic E-state index is 14.2. The summed E-state index contributed by atoms with van der Waals surface area (Å²) in [6.07, 6.45) is 1.44. The van der Waals surface area contributed by atoms with Crippen LogP contribution in [0.25, 0.3) is 0 Å². The molecular weight excluding hydrogens is 317 g/mol. The van der Waals surface area contributed by atoms with Crippen molar-refractivity contribution >= 4 is 17.3 Å². The van der Waals surface area contributed by atoms with Crippen molar-refractivity contribution in [1.29, 1.82) is 0 Å². The first-order valence-corrected chi connectivity index (χ1v) is 7.49. The maximum Gasteiger partial charge on any atom is 0.289 e. The molecule has 1 saturated heterocycles. The molecule has 0 bridgehead atoms. The molecule has 8 heteroatoms. The van der Waals surface area contributed by atoms with Crippen LogP contribution in [0.3, 0.4) is 0 Å². The van der Waals surface area contributed by atoms with E-state index in [-0.39, 0.29) is 17.4 Å². The molecule has 24 heavy (non-hydrogen) atoms. The van der Waals surface area contributed by atoms with Gasteiger partial charge in [-0.05, 0) is 25.1 Å². The van der Waals surface area contributed by atoms with Crippen LogP contribution in [-0.2, 0) is 0 Å². The lowest BCUT2D eigenvalue weighted by atomic mass is 10.1. The number of anilines is 1. The van der Waals surface area contributed by atoms with Gasteiger partial charge < -0.3 is 14.2 Å². The summed E-state index contributed by atoms with van der Waals surface area (Å²) in [6.45, 7) is 3.32. The number of carbonyl (C=O) groups excluding carboxylic acids is 1. The van der Waals surface area contributed by atoms with Gasteiger partial charge in [-0.25, -0.2) is 4.39 Å². The van der Waals surface area contributed by atoms with Crippen molar-refractivity contribution < 1.29 is 18.5 Å². The fourth-order valence-electron chi connectivity index (χ4n) is 2.80. The van der Waals surface area contributed by atoms with Crippen LogP contribution in [0.5, 0.6) is 0 Å². The van der Waals surface area contributed by atoms with Gasteiger partial charge >= 0.3 is 0 Å². The molecule has 0 spiro atoms. The largest absolute Gasteiger partial charge is 0.459 e. The monoisotopic (exact) mass is 333 g/mol. The van der Waals surface area contributed by atoms with Crippen LogP contribution in [0.2, 0.25) is 0 Å². The van der Waals surface area contributed by atoms with Crippen molar-refractivity contribution in [3.8, 4) is 0 Å². The number of nitrogens with zero attached hydrogens (tertiary/aromatic N) is 3. The molecule has 1 aliphatic rings. The first-order valence-electron chi connectivity index (χ1n) is 7.49. The average molecular weight is 333 g/mol. The van der Waals surface area contributed by atoms with Gasteiger partial charge in [-0.2, -0.15) is 0 Å². The van der Waals surface area contributed by atoms with Crippen LogP contribution in [-0.4, -0.2) is 41.9 Å². The van der Waals surface area contributed by atoms with Gasteiger partial charge in [0.05, 0.1) is 22.9 Å². The Kier molecular flexibility index (Phi) is 4.20. The van der Waals surface area contributed by atoms with Crippen molar-refractivity contribution in [1.82, 2.24) is 4.90 Å². The van der Waals surface area contributed by atoms with Crippen LogP contribution in [0.15, 0.2) is 34.9 Å². The Morgan fingerprint density at radius 3 is 2.58 bits per heavy atom. The molecule has 0 atom stereocenters. The first-order chi connectivity index (χ1) is 11.5. The summed E-state index contributed by atoms with van der Waals surface area (Å²) in [4.78, 5) is 25.9. The molecule has 0 aliphatic carbocycles. The predicted octanol–water partition coefficient (Wildman–Crippen LogP) is 2.60. The number of piperazine rings is 1. The zero-order chi connectivity index (χ0) is 17.3. The first kappa shape index (κ1) is 16.0. The fourth-order valence-corrected chi connectivity index (χ4v) is 2.80. The summed E-state index contributed by atoms with van der Waals surface area (Å²) >= 11 is 0. The van der Waals surface area contributed by atoms with Gasteiger partial charge in [0.2, 0.25) is 0 Å². The summed E-state index contributed by atoms with van der Waals surface area (Å²) in [6, 6.07) is 5.69. The van der Waals surface area contributed by atoms with E-state index in [0.29, 0.717) is 37.4 Å². The molecule has 0 radical (unpaired) electrons. The molecule has 7 nitrogen and oxygen atoms in total. The summed E-state index contributed by atoms with van der Waals surface area (Å²) in [5.41, 5.74) is 0.497. The van der Waals surface area contributed by atoms with Crippen LogP contribution in [0.1, 0.15) is 16.1 Å². The Bertz CT molecular complexity index is 768. The second-order valence-electron chi connectivity index (χ2n) is 5.60. The molecule has 1 fully saturated rings. The summed E-state index contributed by atoms with van der Waals surface area (Å²) in [7, 11) is 0. The molecular formula is C16H16FN3O4. The van der Waals surface area contributed by atoms with Gasteiger partial charge in [0.15, 0.2) is 11.6 Å². The average Bonchev–Trinajstić information content (AvgIpc) is 3.10. The minimum atomic E-state index is -0.627. The molecule has 0 N–H and O–H groups in total. The molecule has 3 rings (SSSR count). The lowest BCUT2D eigenvalue weighted by Gasteiger charge is -2.35. The lowest BCUT2D eigenvalue weighted by molar-refractivity contribution is -0.385. The zero-order valence-corrected chi connectivity index (χ0v) is 13.1. The lowest BCUT2D eigenvalue weighted by Crippen LogP contribution is -2.49. The summed E-state index contributed by atoms with van der Waals surface area (Å²) in [5.74, 6) is -0.543. The number of aryl methyl sites for hydroxylation is 1. The molecule has 1 aromatic carbocycles. The summed E-state index contributed by atoms with van der Waals surface area (Å²) < 4.78 is 19.3. The Hall–Kier alpha value is -2.90. The topological polar surface area (TPSA) is 79.8 Å². The van der Waals surface area contributed by atoms with Gasteiger partial charge in [0, 0.05) is 31.7 Å². The van der Waals surface area contributed by atoms with E-state index < -0.39 is 10.7 Å². The molecule has 2 heterocycles. The van der Waals surface area contributed by atoms with E-state index in [2.05, 4.69) is 0 Å². The number of nitro groups is 1. The number of hydrogen-bond donors (Lipinski definition) is 0. The zero-order valence-electron chi connectivity index (χ0n) is 13.1. The number of nitro benzene ring substituents is 1. The molecule has 1 aliphatic heterocycles. The highest BCUT2D eigenvalue weighted by Crippen LogP contribution is 2.28. The fraction of sp³-hybridized carbons (Fsp3) is 0.312. The van der Waals surface area contributed by atoms with E-state index in [1.54, 1.807) is 28.9 Å². The predicted molar refractivity (Wildman–Crippen MR) is 84.6 cm³/mol. The van der Waals surface area contributed by atoms with E-state index in [4.69, 9.17) is 4.42 Å². The molecule has 0 saturated carbocycles. The Labute approximate surface area is 137 Å². The molecule has 0 unspecified atom stereocenters. The second-order valence-corrected chi connectivity index (χ2v) is 5.60. The van der Waals surface area contributed by atoms with Crippen molar-refractivity contribution in [2.45, 2.75) is 6.92 Å². The number of furan rings is 1. The number of benzene rings is 1. The van der Waals surface area contributed by atoms with Crippen LogP contribution in [0.4, 0.5) is 15.8 Å². The highest BCUT2D eigenvalue weighted by atomic mass is 19.1. The quantitative estimate of drug-likeness (QED) is 0.637. The SMILES string of the molecule is Cc1cc(N2CCN(C(=O)c3ccco3)CC2)c(F)cc1[N+](=O)[O-]. The third kappa shape index (κ3) is 2.94. The van der Waals surface area contributed by atoms with Crippen molar-refractivity contribution in [2.75, 3.05) is 31.1 Å². The van der Waals surface area contributed by atoms with Crippen molar-refractivity contribution in [2.24, 2.45) is 0 Å². The number of amides is 1. The van der Waals surface area contributed by atoms with E-state index in [0.717, 1.165) is 6.07 Å². The van der Waals surface area contributed by atoms with Crippen LogP contribution < -0.4 is 4.90 Å². The van der Waals surface area contributed by atoms with Gasteiger partial charge in [-0.1, -0.05) is 0 Å². The Balaban J connectivity index is 1.72. The van der Waals surface area contributed by atoms with Gasteiger partial charge in [-0.3, -0.25) is 14.9 Å². The minimum Gasteiger partial charge on any atom is -0.459 e. The minimum absolute atomic E-state index is 0.194. The molecule has 126 valence electrons. The molecule has 1 aromatic heterocycles. The standard InChI is InChI=1S/C16H16FN3O4/c1-11-9-14(12(17)10-13(11)20(22)23)18-4-6-19(7-5-18)16(21)15-3-2-8-24-15/h2-3,8-10H,4-7H2,1H3. The van der Waals surface area contributed by atoms with Gasteiger partial charge in [0.1, 0.15) is 0 Å². The van der Waals surface area contributed by atoms with Crippen molar-refractivity contribution in [3.63, 3.8) is 0 Å². The smallest absolute Gasteiger partial charge is 0.289 e.